The Morgan fingerprint density at radius 1 is 1.44 bits per heavy atom. The Kier molecular flexibility index (Phi) is 3.57. The van der Waals surface area contributed by atoms with E-state index in [-0.39, 0.29) is 5.69 Å². The number of imidazole rings is 1. The average Bonchev–Trinajstić information content (AvgIpc) is 2.73. The molecular weight excluding hydrogens is 232 g/mol. The molecule has 0 spiro atoms. The summed E-state index contributed by atoms with van der Waals surface area (Å²) in [6.07, 6.45) is 3.21. The number of anilines is 1. The molecule has 0 aliphatic carbocycles. The molecular formula is C12H14N4O2. The number of nitrogens with zero attached hydrogens (tertiary/aromatic N) is 3. The molecule has 0 aliphatic heterocycles. The van der Waals surface area contributed by atoms with Crippen LogP contribution in [0.25, 0.3) is 0 Å². The van der Waals surface area contributed by atoms with Gasteiger partial charge in [-0.25, -0.2) is 9.78 Å². The van der Waals surface area contributed by atoms with Gasteiger partial charge in [0.05, 0.1) is 25.2 Å². The van der Waals surface area contributed by atoms with E-state index in [1.165, 1.54) is 6.33 Å². The van der Waals surface area contributed by atoms with Crippen LogP contribution in [0.3, 0.4) is 0 Å². The lowest BCUT2D eigenvalue weighted by atomic mass is 10.3. The van der Waals surface area contributed by atoms with Crippen molar-refractivity contribution in [3.05, 3.63) is 42.1 Å². The maximum atomic E-state index is 11.5. The summed E-state index contributed by atoms with van der Waals surface area (Å²) in [5.41, 5.74) is 6.84. The summed E-state index contributed by atoms with van der Waals surface area (Å²) in [6.45, 7) is 2.50. The number of nitrogens with two attached hydrogens (primary N) is 1. The highest BCUT2D eigenvalue weighted by Gasteiger charge is 2.16. The highest BCUT2D eigenvalue weighted by Crippen LogP contribution is 2.13. The zero-order valence-corrected chi connectivity index (χ0v) is 10.0. The minimum Gasteiger partial charge on any atom is -0.461 e. The number of rotatable bonds is 4. The van der Waals surface area contributed by atoms with Gasteiger partial charge in [-0.2, -0.15) is 0 Å². The van der Waals surface area contributed by atoms with Crippen LogP contribution in [0, 0.1) is 0 Å². The lowest BCUT2D eigenvalue weighted by molar-refractivity contribution is 0.0521. The van der Waals surface area contributed by atoms with Gasteiger partial charge >= 0.3 is 5.97 Å². The molecule has 0 atom stereocenters. The van der Waals surface area contributed by atoms with Crippen LogP contribution in [-0.4, -0.2) is 27.1 Å². The Hall–Kier alpha value is -2.37. The molecule has 6 heteroatoms. The summed E-state index contributed by atoms with van der Waals surface area (Å²) in [5, 5.41) is 0. The van der Waals surface area contributed by atoms with Gasteiger partial charge < -0.3 is 15.0 Å². The molecule has 6 nitrogen and oxygen atoms in total. The van der Waals surface area contributed by atoms with Crippen LogP contribution in [0.2, 0.25) is 0 Å². The van der Waals surface area contributed by atoms with Crippen molar-refractivity contribution in [2.75, 3.05) is 12.3 Å². The highest BCUT2D eigenvalue weighted by atomic mass is 16.5. The molecule has 2 N–H and O–H groups in total. The summed E-state index contributed by atoms with van der Waals surface area (Å²) >= 11 is 0. The normalized spacial score (nSPS) is 10.3. The lowest BCUT2D eigenvalue weighted by Gasteiger charge is -2.04. The largest absolute Gasteiger partial charge is 0.461 e. The number of hydrogen-bond acceptors (Lipinski definition) is 5. The molecule has 0 saturated heterocycles. The van der Waals surface area contributed by atoms with E-state index in [2.05, 4.69) is 9.97 Å². The zero-order valence-electron chi connectivity index (χ0n) is 10.0. The van der Waals surface area contributed by atoms with E-state index in [1.807, 2.05) is 18.2 Å². The third-order valence-electron chi connectivity index (χ3n) is 2.41. The fraction of sp³-hybridized carbons (Fsp3) is 0.250. The van der Waals surface area contributed by atoms with Crippen LogP contribution < -0.4 is 5.73 Å². The van der Waals surface area contributed by atoms with E-state index in [0.29, 0.717) is 19.0 Å². The third-order valence-corrected chi connectivity index (χ3v) is 2.41. The molecule has 0 saturated carbocycles. The van der Waals surface area contributed by atoms with Crippen molar-refractivity contribution >= 4 is 11.8 Å². The van der Waals surface area contributed by atoms with E-state index in [9.17, 15) is 4.79 Å². The standard InChI is InChI=1S/C12H14N4O2/c1-2-18-12(17)10-11(13)16(8-15-10)7-9-5-3-4-6-14-9/h3-6,8H,2,7,13H2,1H3. The molecule has 0 amide bonds. The number of carbonyl (C=O) groups is 1. The van der Waals surface area contributed by atoms with Gasteiger partial charge in [0.1, 0.15) is 5.82 Å². The molecule has 2 aromatic rings. The minimum atomic E-state index is -0.505. The molecule has 0 radical (unpaired) electrons. The second kappa shape index (κ2) is 5.31. The molecule has 0 bridgehead atoms. The van der Waals surface area contributed by atoms with Gasteiger partial charge in [-0.3, -0.25) is 4.98 Å². The van der Waals surface area contributed by atoms with Crippen molar-refractivity contribution in [1.82, 2.24) is 14.5 Å². The van der Waals surface area contributed by atoms with Crippen LogP contribution >= 0.6 is 0 Å². The highest BCUT2D eigenvalue weighted by molar-refractivity contribution is 5.92. The predicted molar refractivity (Wildman–Crippen MR) is 65.9 cm³/mol. The van der Waals surface area contributed by atoms with Crippen molar-refractivity contribution in [2.24, 2.45) is 0 Å². The first-order valence-electron chi connectivity index (χ1n) is 5.60. The van der Waals surface area contributed by atoms with E-state index in [0.717, 1.165) is 5.69 Å². The molecule has 0 fully saturated rings. The summed E-state index contributed by atoms with van der Waals surface area (Å²) in [7, 11) is 0. The Balaban J connectivity index is 2.18. The van der Waals surface area contributed by atoms with Crippen molar-refractivity contribution in [3.63, 3.8) is 0 Å². The van der Waals surface area contributed by atoms with E-state index in [4.69, 9.17) is 10.5 Å². The number of ether oxygens (including phenoxy) is 1. The molecule has 0 aliphatic rings. The number of aromatic nitrogens is 3. The summed E-state index contributed by atoms with van der Waals surface area (Å²) < 4.78 is 6.52. The van der Waals surface area contributed by atoms with Crippen molar-refractivity contribution in [1.29, 1.82) is 0 Å². The molecule has 0 aromatic carbocycles. The number of nitrogen functional groups attached to an aromatic ring is 1. The van der Waals surface area contributed by atoms with Gasteiger partial charge in [0, 0.05) is 6.20 Å². The smallest absolute Gasteiger partial charge is 0.360 e. The van der Waals surface area contributed by atoms with E-state index < -0.39 is 5.97 Å². The number of hydrogen-bond donors (Lipinski definition) is 1. The van der Waals surface area contributed by atoms with Crippen molar-refractivity contribution in [3.8, 4) is 0 Å². The lowest BCUT2D eigenvalue weighted by Crippen LogP contribution is -2.10. The first-order chi connectivity index (χ1) is 8.72. The maximum Gasteiger partial charge on any atom is 0.360 e. The summed E-state index contributed by atoms with van der Waals surface area (Å²) in [4.78, 5) is 19.7. The van der Waals surface area contributed by atoms with Crippen molar-refractivity contribution in [2.45, 2.75) is 13.5 Å². The molecule has 0 unspecified atom stereocenters. The van der Waals surface area contributed by atoms with Gasteiger partial charge in [-0.1, -0.05) is 6.07 Å². The number of carbonyl (C=O) groups excluding carboxylic acids is 1. The Labute approximate surface area is 104 Å². The average molecular weight is 246 g/mol. The topological polar surface area (TPSA) is 83.0 Å². The first-order valence-corrected chi connectivity index (χ1v) is 5.60. The third kappa shape index (κ3) is 2.48. The van der Waals surface area contributed by atoms with Crippen LogP contribution in [0.15, 0.2) is 30.7 Å². The summed E-state index contributed by atoms with van der Waals surface area (Å²) in [5.74, 6) is -0.214. The zero-order chi connectivity index (χ0) is 13.0. The minimum absolute atomic E-state index is 0.146. The second-order valence-electron chi connectivity index (χ2n) is 3.65. The van der Waals surface area contributed by atoms with Gasteiger partial charge in [0.15, 0.2) is 5.69 Å². The number of pyridine rings is 1. The van der Waals surface area contributed by atoms with Gasteiger partial charge in [-0.15, -0.1) is 0 Å². The Morgan fingerprint density at radius 3 is 2.94 bits per heavy atom. The van der Waals surface area contributed by atoms with Crippen molar-refractivity contribution < 1.29 is 9.53 Å². The fourth-order valence-corrected chi connectivity index (χ4v) is 1.54. The van der Waals surface area contributed by atoms with Crippen LogP contribution in [0.4, 0.5) is 5.82 Å². The van der Waals surface area contributed by atoms with Crippen LogP contribution in [-0.2, 0) is 11.3 Å². The van der Waals surface area contributed by atoms with Crippen LogP contribution in [0.1, 0.15) is 23.1 Å². The second-order valence-corrected chi connectivity index (χ2v) is 3.65. The predicted octanol–water partition coefficient (Wildman–Crippen LogP) is 1.09. The van der Waals surface area contributed by atoms with E-state index >= 15 is 0 Å². The molecule has 2 rings (SSSR count). The monoisotopic (exact) mass is 246 g/mol. The van der Waals surface area contributed by atoms with Gasteiger partial charge in [0.25, 0.3) is 0 Å². The van der Waals surface area contributed by atoms with Gasteiger partial charge in [-0.05, 0) is 19.1 Å². The quantitative estimate of drug-likeness (QED) is 0.816. The van der Waals surface area contributed by atoms with Crippen LogP contribution in [0.5, 0.6) is 0 Å². The summed E-state index contributed by atoms with van der Waals surface area (Å²) in [6, 6.07) is 5.61. The van der Waals surface area contributed by atoms with Gasteiger partial charge in [0.2, 0.25) is 0 Å². The molecule has 2 aromatic heterocycles. The SMILES string of the molecule is CCOC(=O)c1ncn(Cc2ccccn2)c1N. The molecule has 2 heterocycles. The molecule has 94 valence electrons. The first kappa shape index (κ1) is 12.1. The Bertz CT molecular complexity index is 536. The maximum absolute atomic E-state index is 11.5. The fourth-order valence-electron chi connectivity index (χ4n) is 1.54. The van der Waals surface area contributed by atoms with E-state index in [1.54, 1.807) is 17.7 Å². The Morgan fingerprint density at radius 2 is 2.28 bits per heavy atom. The molecule has 18 heavy (non-hydrogen) atoms. The number of esters is 1.